The van der Waals surface area contributed by atoms with E-state index in [0.717, 1.165) is 11.3 Å². The van der Waals surface area contributed by atoms with Crippen LogP contribution in [0.2, 0.25) is 0 Å². The highest BCUT2D eigenvalue weighted by atomic mass is 16.5. The van der Waals surface area contributed by atoms with Gasteiger partial charge >= 0.3 is 0 Å². The van der Waals surface area contributed by atoms with Gasteiger partial charge in [-0.15, -0.1) is 0 Å². The predicted octanol–water partition coefficient (Wildman–Crippen LogP) is 1.51. The minimum absolute atomic E-state index is 0.0283. The molecule has 0 aromatic heterocycles. The summed E-state index contributed by atoms with van der Waals surface area (Å²) in [5.41, 5.74) is 6.31. The SMILES string of the molecule is CCOc1ccc(C(C)NC(=O)CCCNC(=O)CCN)cc1. The molecule has 0 saturated heterocycles. The molecule has 0 aliphatic heterocycles. The maximum atomic E-state index is 11.9. The summed E-state index contributed by atoms with van der Waals surface area (Å²) in [6.07, 6.45) is 1.31. The van der Waals surface area contributed by atoms with Crippen LogP contribution in [0.3, 0.4) is 0 Å². The Morgan fingerprint density at radius 3 is 2.48 bits per heavy atom. The highest BCUT2D eigenvalue weighted by molar-refractivity contribution is 5.77. The third-order valence-electron chi connectivity index (χ3n) is 3.34. The second-order valence-electron chi connectivity index (χ2n) is 5.28. The largest absolute Gasteiger partial charge is 0.494 e. The predicted molar refractivity (Wildman–Crippen MR) is 90.1 cm³/mol. The molecule has 0 saturated carbocycles. The molecule has 23 heavy (non-hydrogen) atoms. The third kappa shape index (κ3) is 7.65. The standard InChI is InChI=1S/C17H27N3O3/c1-3-23-15-8-6-14(7-9-15)13(2)20-17(22)5-4-12-19-16(21)10-11-18/h6-9,13H,3-5,10-12,18H2,1-2H3,(H,19,21)(H,20,22). The van der Waals surface area contributed by atoms with E-state index in [1.807, 2.05) is 38.1 Å². The topological polar surface area (TPSA) is 93.5 Å². The van der Waals surface area contributed by atoms with E-state index in [2.05, 4.69) is 10.6 Å². The third-order valence-corrected chi connectivity index (χ3v) is 3.34. The van der Waals surface area contributed by atoms with Gasteiger partial charge in [0.2, 0.25) is 11.8 Å². The van der Waals surface area contributed by atoms with E-state index in [9.17, 15) is 9.59 Å². The zero-order valence-electron chi connectivity index (χ0n) is 13.9. The van der Waals surface area contributed by atoms with E-state index in [-0.39, 0.29) is 17.9 Å². The number of carbonyl (C=O) groups is 2. The van der Waals surface area contributed by atoms with Gasteiger partial charge in [0.1, 0.15) is 5.75 Å². The quantitative estimate of drug-likeness (QED) is 0.569. The summed E-state index contributed by atoms with van der Waals surface area (Å²) < 4.78 is 5.39. The monoisotopic (exact) mass is 321 g/mol. The molecule has 0 radical (unpaired) electrons. The van der Waals surface area contributed by atoms with Gasteiger partial charge in [-0.25, -0.2) is 0 Å². The molecule has 1 unspecified atom stereocenters. The molecule has 4 N–H and O–H groups in total. The molecule has 0 heterocycles. The van der Waals surface area contributed by atoms with Gasteiger partial charge in [0, 0.05) is 25.9 Å². The zero-order valence-corrected chi connectivity index (χ0v) is 13.9. The van der Waals surface area contributed by atoms with Gasteiger partial charge in [-0.2, -0.15) is 0 Å². The van der Waals surface area contributed by atoms with Crippen molar-refractivity contribution < 1.29 is 14.3 Å². The number of nitrogens with one attached hydrogen (secondary N) is 2. The Balaban J connectivity index is 2.29. The van der Waals surface area contributed by atoms with E-state index in [1.165, 1.54) is 0 Å². The van der Waals surface area contributed by atoms with Crippen LogP contribution in [-0.2, 0) is 9.59 Å². The summed E-state index contributed by atoms with van der Waals surface area (Å²) in [6, 6.07) is 7.62. The average Bonchev–Trinajstić information content (AvgIpc) is 2.53. The van der Waals surface area contributed by atoms with Gasteiger partial charge in [-0.05, 0) is 38.0 Å². The van der Waals surface area contributed by atoms with Crippen molar-refractivity contribution in [3.8, 4) is 5.75 Å². The first kappa shape index (κ1) is 19.0. The van der Waals surface area contributed by atoms with Crippen LogP contribution in [0, 0.1) is 0 Å². The Bertz CT molecular complexity index is 488. The maximum absolute atomic E-state index is 11.9. The van der Waals surface area contributed by atoms with Crippen LogP contribution in [0.15, 0.2) is 24.3 Å². The van der Waals surface area contributed by atoms with Gasteiger partial charge < -0.3 is 21.1 Å². The molecule has 128 valence electrons. The Hall–Kier alpha value is -2.08. The van der Waals surface area contributed by atoms with Gasteiger partial charge in [-0.3, -0.25) is 9.59 Å². The minimum atomic E-state index is -0.0735. The van der Waals surface area contributed by atoms with Gasteiger partial charge in [0.05, 0.1) is 12.6 Å². The number of amides is 2. The van der Waals surface area contributed by atoms with Crippen molar-refractivity contribution >= 4 is 11.8 Å². The maximum Gasteiger partial charge on any atom is 0.221 e. The van der Waals surface area contributed by atoms with E-state index >= 15 is 0 Å². The van der Waals surface area contributed by atoms with Gasteiger partial charge in [0.15, 0.2) is 0 Å². The van der Waals surface area contributed by atoms with Crippen LogP contribution in [0.4, 0.5) is 0 Å². The Labute approximate surface area is 137 Å². The van der Waals surface area contributed by atoms with Crippen molar-refractivity contribution in [3.05, 3.63) is 29.8 Å². The van der Waals surface area contributed by atoms with E-state index in [1.54, 1.807) is 0 Å². The summed E-state index contributed by atoms with van der Waals surface area (Å²) in [5, 5.41) is 5.68. The lowest BCUT2D eigenvalue weighted by Gasteiger charge is -2.15. The van der Waals surface area contributed by atoms with Crippen molar-refractivity contribution in [2.24, 2.45) is 5.73 Å². The summed E-state index contributed by atoms with van der Waals surface area (Å²) in [4.78, 5) is 23.1. The first-order valence-corrected chi connectivity index (χ1v) is 8.05. The number of hydrogen-bond acceptors (Lipinski definition) is 4. The lowest BCUT2D eigenvalue weighted by atomic mass is 10.1. The molecule has 1 rings (SSSR count). The molecule has 0 bridgehead atoms. The molecule has 1 atom stereocenters. The normalized spacial score (nSPS) is 11.6. The van der Waals surface area contributed by atoms with Crippen LogP contribution in [-0.4, -0.2) is 31.5 Å². The van der Waals surface area contributed by atoms with Crippen LogP contribution in [0.5, 0.6) is 5.75 Å². The summed E-state index contributed by atoms with van der Waals surface area (Å²) in [6.45, 7) is 5.34. The van der Waals surface area contributed by atoms with Gasteiger partial charge in [-0.1, -0.05) is 12.1 Å². The van der Waals surface area contributed by atoms with Crippen LogP contribution in [0.25, 0.3) is 0 Å². The number of carbonyl (C=O) groups excluding carboxylic acids is 2. The number of rotatable bonds is 10. The highest BCUT2D eigenvalue weighted by Gasteiger charge is 2.09. The molecule has 1 aromatic rings. The van der Waals surface area contributed by atoms with Crippen molar-refractivity contribution in [2.75, 3.05) is 19.7 Å². The number of hydrogen-bond donors (Lipinski definition) is 3. The smallest absolute Gasteiger partial charge is 0.221 e. The lowest BCUT2D eigenvalue weighted by molar-refractivity contribution is -0.123. The van der Waals surface area contributed by atoms with E-state index < -0.39 is 0 Å². The number of ether oxygens (including phenoxy) is 1. The summed E-state index contributed by atoms with van der Waals surface area (Å²) >= 11 is 0. The molecule has 6 heteroatoms. The molecule has 0 aliphatic carbocycles. The first-order valence-electron chi connectivity index (χ1n) is 8.05. The fourth-order valence-electron chi connectivity index (χ4n) is 2.11. The number of nitrogens with two attached hydrogens (primary N) is 1. The molecule has 0 fully saturated rings. The summed E-state index contributed by atoms with van der Waals surface area (Å²) in [7, 11) is 0. The molecule has 1 aromatic carbocycles. The molecule has 0 aliphatic rings. The number of benzene rings is 1. The van der Waals surface area contributed by atoms with Crippen molar-refractivity contribution in [3.63, 3.8) is 0 Å². The van der Waals surface area contributed by atoms with Crippen LogP contribution in [0.1, 0.15) is 44.7 Å². The molecular formula is C17H27N3O3. The van der Waals surface area contributed by atoms with E-state index in [4.69, 9.17) is 10.5 Å². The second-order valence-corrected chi connectivity index (χ2v) is 5.28. The minimum Gasteiger partial charge on any atom is -0.494 e. The fourth-order valence-corrected chi connectivity index (χ4v) is 2.11. The molecule has 2 amide bonds. The van der Waals surface area contributed by atoms with E-state index in [0.29, 0.717) is 39.0 Å². The zero-order chi connectivity index (χ0) is 17.1. The molecule has 6 nitrogen and oxygen atoms in total. The van der Waals surface area contributed by atoms with Crippen LogP contribution >= 0.6 is 0 Å². The average molecular weight is 321 g/mol. The van der Waals surface area contributed by atoms with Gasteiger partial charge in [0.25, 0.3) is 0 Å². The first-order chi connectivity index (χ1) is 11.1. The van der Waals surface area contributed by atoms with Crippen LogP contribution < -0.4 is 21.1 Å². The molecular weight excluding hydrogens is 294 g/mol. The second kappa shape index (κ2) is 10.6. The summed E-state index contributed by atoms with van der Waals surface area (Å²) in [5.74, 6) is 0.720. The highest BCUT2D eigenvalue weighted by Crippen LogP contribution is 2.17. The van der Waals surface area contributed by atoms with Crippen molar-refractivity contribution in [1.29, 1.82) is 0 Å². The van der Waals surface area contributed by atoms with Crippen molar-refractivity contribution in [2.45, 2.75) is 39.2 Å². The Morgan fingerprint density at radius 2 is 1.87 bits per heavy atom. The Morgan fingerprint density at radius 1 is 1.17 bits per heavy atom. The lowest BCUT2D eigenvalue weighted by Crippen LogP contribution is -2.29. The Kier molecular flexibility index (Phi) is 8.75. The molecule has 0 spiro atoms. The van der Waals surface area contributed by atoms with Crippen molar-refractivity contribution in [1.82, 2.24) is 10.6 Å². The fraction of sp³-hybridized carbons (Fsp3) is 0.529.